The maximum absolute atomic E-state index is 12.4. The van der Waals surface area contributed by atoms with Crippen LogP contribution in [0.25, 0.3) is 0 Å². The Morgan fingerprint density at radius 1 is 0.926 bits per heavy atom. The minimum absolute atomic E-state index is 0.154. The van der Waals surface area contributed by atoms with Crippen molar-refractivity contribution in [3.63, 3.8) is 0 Å². The third-order valence-electron chi connectivity index (χ3n) is 3.54. The Labute approximate surface area is 156 Å². The van der Waals surface area contributed by atoms with Crippen molar-refractivity contribution in [1.29, 1.82) is 0 Å². The van der Waals surface area contributed by atoms with Gasteiger partial charge < -0.3 is 16.0 Å². The first-order valence-corrected chi connectivity index (χ1v) is 8.25. The summed E-state index contributed by atoms with van der Waals surface area (Å²) in [5, 5.41) is 8.54. The van der Waals surface area contributed by atoms with Gasteiger partial charge in [-0.15, -0.1) is 0 Å². The van der Waals surface area contributed by atoms with Gasteiger partial charge in [-0.3, -0.25) is 14.6 Å². The van der Waals surface area contributed by atoms with Crippen molar-refractivity contribution >= 4 is 29.0 Å². The largest absolute Gasteiger partial charge is 0.364 e. The predicted molar refractivity (Wildman–Crippen MR) is 102 cm³/mol. The third-order valence-corrected chi connectivity index (χ3v) is 3.54. The van der Waals surface area contributed by atoms with Crippen LogP contribution < -0.4 is 16.0 Å². The molecule has 0 atom stereocenters. The monoisotopic (exact) mass is 362 g/mol. The van der Waals surface area contributed by atoms with Crippen LogP contribution in [0.1, 0.15) is 23.1 Å². The molecule has 8 heteroatoms. The van der Waals surface area contributed by atoms with Gasteiger partial charge in [0.15, 0.2) is 0 Å². The normalized spacial score (nSPS) is 10.1. The van der Waals surface area contributed by atoms with E-state index in [1.165, 1.54) is 13.3 Å². The van der Waals surface area contributed by atoms with E-state index in [0.29, 0.717) is 23.7 Å². The molecule has 0 unspecified atom stereocenters. The summed E-state index contributed by atoms with van der Waals surface area (Å²) in [6.07, 6.45) is 3.04. The lowest BCUT2D eigenvalue weighted by atomic mass is 10.2. The number of carbonyl (C=O) groups excluding carboxylic acids is 2. The van der Waals surface area contributed by atoms with Crippen LogP contribution >= 0.6 is 0 Å². The summed E-state index contributed by atoms with van der Waals surface area (Å²) in [5.74, 6) is 0.0193. The van der Waals surface area contributed by atoms with Crippen molar-refractivity contribution in [2.75, 3.05) is 16.0 Å². The van der Waals surface area contributed by atoms with Crippen LogP contribution in [0, 0.1) is 0 Å². The Hall–Kier alpha value is -3.81. The molecule has 136 valence electrons. The molecule has 0 spiro atoms. The van der Waals surface area contributed by atoms with Crippen LogP contribution in [-0.2, 0) is 11.3 Å². The van der Waals surface area contributed by atoms with Gasteiger partial charge in [0.2, 0.25) is 5.91 Å². The molecular formula is C19H18N6O2. The number of aromatic nitrogens is 3. The van der Waals surface area contributed by atoms with Crippen LogP contribution in [0.4, 0.5) is 17.2 Å². The van der Waals surface area contributed by atoms with E-state index in [9.17, 15) is 9.59 Å². The zero-order chi connectivity index (χ0) is 19.1. The summed E-state index contributed by atoms with van der Waals surface area (Å²) < 4.78 is 0. The second-order valence-corrected chi connectivity index (χ2v) is 5.68. The SMILES string of the molecule is CC(=O)Nc1ccc(NC(=O)c2cc(NCc3ccccn3)ncn2)cc1. The van der Waals surface area contributed by atoms with Crippen molar-refractivity contribution < 1.29 is 9.59 Å². The highest BCUT2D eigenvalue weighted by molar-refractivity contribution is 6.03. The molecule has 0 aliphatic rings. The molecule has 3 aromatic rings. The average Bonchev–Trinajstić information content (AvgIpc) is 2.68. The molecule has 27 heavy (non-hydrogen) atoms. The van der Waals surface area contributed by atoms with Gasteiger partial charge >= 0.3 is 0 Å². The van der Waals surface area contributed by atoms with Gasteiger partial charge in [-0.2, -0.15) is 0 Å². The number of amides is 2. The molecule has 0 radical (unpaired) electrons. The van der Waals surface area contributed by atoms with Crippen molar-refractivity contribution in [1.82, 2.24) is 15.0 Å². The first kappa shape index (κ1) is 18.0. The Morgan fingerprint density at radius 3 is 2.33 bits per heavy atom. The van der Waals surface area contributed by atoms with Gasteiger partial charge in [-0.1, -0.05) is 6.07 Å². The Balaban J connectivity index is 1.62. The van der Waals surface area contributed by atoms with E-state index in [0.717, 1.165) is 5.69 Å². The molecule has 1 aromatic carbocycles. The molecule has 2 heterocycles. The molecular weight excluding hydrogens is 344 g/mol. The van der Waals surface area contributed by atoms with Gasteiger partial charge in [0.05, 0.1) is 12.2 Å². The summed E-state index contributed by atoms with van der Waals surface area (Å²) in [7, 11) is 0. The average molecular weight is 362 g/mol. The van der Waals surface area contributed by atoms with Gasteiger partial charge in [0, 0.05) is 30.6 Å². The van der Waals surface area contributed by atoms with Crippen molar-refractivity contribution in [3.05, 3.63) is 72.4 Å². The Bertz CT molecular complexity index is 928. The molecule has 8 nitrogen and oxygen atoms in total. The van der Waals surface area contributed by atoms with Gasteiger partial charge in [0.25, 0.3) is 5.91 Å². The second-order valence-electron chi connectivity index (χ2n) is 5.68. The van der Waals surface area contributed by atoms with Gasteiger partial charge in [-0.25, -0.2) is 9.97 Å². The Kier molecular flexibility index (Phi) is 5.68. The van der Waals surface area contributed by atoms with E-state index in [-0.39, 0.29) is 17.5 Å². The molecule has 0 aliphatic heterocycles. The number of nitrogens with zero attached hydrogens (tertiary/aromatic N) is 3. The quantitative estimate of drug-likeness (QED) is 0.622. The van der Waals surface area contributed by atoms with Crippen LogP contribution in [0.3, 0.4) is 0 Å². The fraction of sp³-hybridized carbons (Fsp3) is 0.105. The van der Waals surface area contributed by atoms with Crippen LogP contribution in [-0.4, -0.2) is 26.8 Å². The molecule has 2 aromatic heterocycles. The predicted octanol–water partition coefficient (Wildman–Crippen LogP) is 2.69. The highest BCUT2D eigenvalue weighted by Crippen LogP contribution is 2.15. The number of pyridine rings is 1. The number of nitrogens with one attached hydrogen (secondary N) is 3. The topological polar surface area (TPSA) is 109 Å². The fourth-order valence-electron chi connectivity index (χ4n) is 2.30. The number of carbonyl (C=O) groups is 2. The molecule has 0 aliphatic carbocycles. The molecule has 3 rings (SSSR count). The van der Waals surface area contributed by atoms with E-state index in [4.69, 9.17) is 0 Å². The van der Waals surface area contributed by atoms with E-state index in [1.807, 2.05) is 18.2 Å². The number of rotatable bonds is 6. The van der Waals surface area contributed by atoms with Gasteiger partial charge in [-0.05, 0) is 36.4 Å². The van der Waals surface area contributed by atoms with Crippen molar-refractivity contribution in [2.45, 2.75) is 13.5 Å². The van der Waals surface area contributed by atoms with E-state index < -0.39 is 0 Å². The highest BCUT2D eigenvalue weighted by atomic mass is 16.2. The van der Waals surface area contributed by atoms with Crippen LogP contribution in [0.15, 0.2) is 61.1 Å². The second kappa shape index (κ2) is 8.52. The standard InChI is InChI=1S/C19H18N6O2/c1-13(26)24-14-5-7-15(8-6-14)25-19(27)17-10-18(23-12-22-17)21-11-16-4-2-3-9-20-16/h2-10,12H,11H2,1H3,(H,24,26)(H,25,27)(H,21,22,23). The fourth-order valence-corrected chi connectivity index (χ4v) is 2.30. The van der Waals surface area contributed by atoms with Crippen molar-refractivity contribution in [2.24, 2.45) is 0 Å². The van der Waals surface area contributed by atoms with E-state index >= 15 is 0 Å². The lowest BCUT2D eigenvalue weighted by Crippen LogP contribution is -2.15. The molecule has 3 N–H and O–H groups in total. The molecule has 2 amide bonds. The third kappa shape index (κ3) is 5.33. The Morgan fingerprint density at radius 2 is 1.67 bits per heavy atom. The number of hydrogen-bond donors (Lipinski definition) is 3. The lowest BCUT2D eigenvalue weighted by molar-refractivity contribution is -0.114. The first-order valence-electron chi connectivity index (χ1n) is 8.25. The summed E-state index contributed by atoms with van der Waals surface area (Å²) >= 11 is 0. The zero-order valence-corrected chi connectivity index (χ0v) is 14.6. The molecule has 0 saturated heterocycles. The summed E-state index contributed by atoms with van der Waals surface area (Å²) in [4.78, 5) is 35.8. The molecule has 0 saturated carbocycles. The minimum atomic E-state index is -0.356. The van der Waals surface area contributed by atoms with Gasteiger partial charge in [0.1, 0.15) is 17.8 Å². The molecule has 0 fully saturated rings. The van der Waals surface area contributed by atoms with Crippen LogP contribution in [0.2, 0.25) is 0 Å². The van der Waals surface area contributed by atoms with E-state index in [2.05, 4.69) is 30.9 Å². The maximum atomic E-state index is 12.4. The number of hydrogen-bond acceptors (Lipinski definition) is 6. The minimum Gasteiger partial charge on any atom is -0.364 e. The summed E-state index contributed by atoms with van der Waals surface area (Å²) in [5.41, 5.74) is 2.35. The van der Waals surface area contributed by atoms with Crippen molar-refractivity contribution in [3.8, 4) is 0 Å². The lowest BCUT2D eigenvalue weighted by Gasteiger charge is -2.08. The zero-order valence-electron chi connectivity index (χ0n) is 14.6. The summed E-state index contributed by atoms with van der Waals surface area (Å²) in [6, 6.07) is 14.0. The van der Waals surface area contributed by atoms with E-state index in [1.54, 1.807) is 36.5 Å². The summed E-state index contributed by atoms with van der Waals surface area (Å²) in [6.45, 7) is 1.92. The molecule has 0 bridgehead atoms. The maximum Gasteiger partial charge on any atom is 0.274 e. The highest BCUT2D eigenvalue weighted by Gasteiger charge is 2.09. The smallest absolute Gasteiger partial charge is 0.274 e. The first-order chi connectivity index (χ1) is 13.1. The number of benzene rings is 1. The van der Waals surface area contributed by atoms with Crippen LogP contribution in [0.5, 0.6) is 0 Å². The number of anilines is 3.